The fourth-order valence-electron chi connectivity index (χ4n) is 3.64. The van der Waals surface area contributed by atoms with Gasteiger partial charge < -0.3 is 0 Å². The molecule has 0 fully saturated rings. The first-order valence-electron chi connectivity index (χ1n) is 11.8. The predicted molar refractivity (Wildman–Crippen MR) is 142 cm³/mol. The minimum atomic E-state index is -0.119. The molecule has 0 unspecified atom stereocenters. The molecule has 0 radical (unpaired) electrons. The van der Waals surface area contributed by atoms with Crippen LogP contribution in [0.2, 0.25) is 0 Å². The molecule has 174 valence electrons. The maximum Gasteiger partial charge on any atom is 0.0756 e. The van der Waals surface area contributed by atoms with Crippen molar-refractivity contribution in [2.45, 2.75) is 93.9 Å². The Morgan fingerprint density at radius 3 is 0.875 bits per heavy atom. The average molecular weight is 433 g/mol. The van der Waals surface area contributed by atoms with Crippen molar-refractivity contribution in [1.82, 2.24) is 0 Å². The molecule has 0 spiro atoms. The Hall–Kier alpha value is -2.22. The monoisotopic (exact) mass is 432 g/mol. The van der Waals surface area contributed by atoms with Crippen LogP contribution in [-0.4, -0.2) is 11.4 Å². The van der Waals surface area contributed by atoms with E-state index in [0.29, 0.717) is 0 Å². The molecule has 0 heterocycles. The van der Waals surface area contributed by atoms with E-state index in [-0.39, 0.29) is 21.7 Å². The topological polar surface area (TPSA) is 24.7 Å². The maximum atomic E-state index is 4.88. The lowest BCUT2D eigenvalue weighted by Crippen LogP contribution is -2.24. The summed E-state index contributed by atoms with van der Waals surface area (Å²) in [6.07, 6.45) is 0. The number of benzene rings is 2. The standard InChI is InChI=1S/C30H44N2/c1-27(2,3)23-17-13-21(14-18-23)25(29(7,8)9)31-32-26(30(10,11)12)22-15-19-24(20-16-22)28(4,5)6/h13-20H,1-12H3/b31-25-,32-26+. The van der Waals surface area contributed by atoms with Gasteiger partial charge >= 0.3 is 0 Å². The molecular weight excluding hydrogens is 388 g/mol. The Balaban J connectivity index is 2.57. The lowest BCUT2D eigenvalue weighted by atomic mass is 9.82. The summed E-state index contributed by atoms with van der Waals surface area (Å²) < 4.78 is 0. The first-order valence-corrected chi connectivity index (χ1v) is 11.8. The average Bonchev–Trinajstić information content (AvgIpc) is 2.62. The van der Waals surface area contributed by atoms with E-state index in [9.17, 15) is 0 Å². The van der Waals surface area contributed by atoms with E-state index in [4.69, 9.17) is 10.2 Å². The number of hydrogen-bond acceptors (Lipinski definition) is 2. The van der Waals surface area contributed by atoms with E-state index < -0.39 is 0 Å². The highest BCUT2D eigenvalue weighted by Crippen LogP contribution is 2.29. The lowest BCUT2D eigenvalue weighted by molar-refractivity contribution is 0.580. The Kier molecular flexibility index (Phi) is 7.29. The van der Waals surface area contributed by atoms with Crippen LogP contribution in [0.1, 0.15) is 105 Å². The molecule has 2 nitrogen and oxygen atoms in total. The number of rotatable bonds is 3. The van der Waals surface area contributed by atoms with Crippen molar-refractivity contribution in [3.8, 4) is 0 Å². The largest absolute Gasteiger partial charge is 0.154 e. The summed E-state index contributed by atoms with van der Waals surface area (Å²) in [4.78, 5) is 0. The second-order valence-corrected chi connectivity index (χ2v) is 13.1. The van der Waals surface area contributed by atoms with E-state index in [1.54, 1.807) is 0 Å². The normalized spacial score (nSPS) is 14.6. The fraction of sp³-hybridized carbons (Fsp3) is 0.533. The molecule has 0 aromatic heterocycles. The van der Waals surface area contributed by atoms with Crippen LogP contribution < -0.4 is 0 Å². The molecule has 0 aliphatic carbocycles. The quantitative estimate of drug-likeness (QED) is 0.343. The molecule has 0 aliphatic rings. The summed E-state index contributed by atoms with van der Waals surface area (Å²) in [6, 6.07) is 17.6. The summed E-state index contributed by atoms with van der Waals surface area (Å²) >= 11 is 0. The third kappa shape index (κ3) is 6.64. The SMILES string of the molecule is CC(C)(C)/C(=N/N=C(/c1ccc(C(C)(C)C)cc1)C(C)(C)C)c1ccc(C(C)(C)C)cc1. The number of hydrogen-bond donors (Lipinski definition) is 0. The van der Waals surface area contributed by atoms with Gasteiger partial charge in [-0.05, 0) is 33.1 Å². The van der Waals surface area contributed by atoms with Crippen LogP contribution in [0.3, 0.4) is 0 Å². The molecular formula is C30H44N2. The minimum absolute atomic E-state index is 0.119. The summed E-state index contributed by atoms with van der Waals surface area (Å²) in [5.41, 5.74) is 6.95. The summed E-state index contributed by atoms with van der Waals surface area (Å²) in [6.45, 7) is 26.7. The third-order valence-electron chi connectivity index (χ3n) is 5.72. The predicted octanol–water partition coefficient (Wildman–Crippen LogP) is 8.57. The van der Waals surface area contributed by atoms with Gasteiger partial charge in [-0.3, -0.25) is 0 Å². The van der Waals surface area contributed by atoms with Gasteiger partial charge in [0.2, 0.25) is 0 Å². The second kappa shape index (κ2) is 8.96. The Bertz CT molecular complexity index is 877. The molecule has 0 amide bonds. The maximum absolute atomic E-state index is 4.88. The molecule has 0 aliphatic heterocycles. The van der Waals surface area contributed by atoms with Crippen molar-refractivity contribution in [2.24, 2.45) is 21.0 Å². The molecule has 2 aromatic rings. The van der Waals surface area contributed by atoms with E-state index in [0.717, 1.165) is 22.6 Å². The zero-order valence-electron chi connectivity index (χ0n) is 22.5. The van der Waals surface area contributed by atoms with Gasteiger partial charge in [0.1, 0.15) is 0 Å². The molecule has 0 N–H and O–H groups in total. The van der Waals surface area contributed by atoms with Crippen molar-refractivity contribution in [1.29, 1.82) is 0 Å². The van der Waals surface area contributed by atoms with Gasteiger partial charge in [-0.15, -0.1) is 0 Å². The van der Waals surface area contributed by atoms with Gasteiger partial charge in [0.25, 0.3) is 0 Å². The van der Waals surface area contributed by atoms with Crippen LogP contribution in [0, 0.1) is 10.8 Å². The summed E-state index contributed by atoms with van der Waals surface area (Å²) in [7, 11) is 0. The highest BCUT2D eigenvalue weighted by atomic mass is 15.2. The van der Waals surface area contributed by atoms with Crippen LogP contribution >= 0.6 is 0 Å². The van der Waals surface area contributed by atoms with E-state index in [1.807, 2.05) is 0 Å². The first-order chi connectivity index (χ1) is 14.4. The lowest BCUT2D eigenvalue weighted by Gasteiger charge is -2.25. The first kappa shape index (κ1) is 26.0. The molecule has 0 saturated heterocycles. The van der Waals surface area contributed by atoms with Crippen LogP contribution in [0.15, 0.2) is 58.7 Å². The Morgan fingerprint density at radius 2 is 0.688 bits per heavy atom. The highest BCUT2D eigenvalue weighted by molar-refractivity contribution is 6.07. The van der Waals surface area contributed by atoms with E-state index in [1.165, 1.54) is 11.1 Å². The summed E-state index contributed by atoms with van der Waals surface area (Å²) in [5.74, 6) is 0. The van der Waals surface area contributed by atoms with Gasteiger partial charge in [-0.2, -0.15) is 10.2 Å². The highest BCUT2D eigenvalue weighted by Gasteiger charge is 2.25. The zero-order valence-corrected chi connectivity index (χ0v) is 22.5. The Morgan fingerprint density at radius 1 is 0.438 bits per heavy atom. The summed E-state index contributed by atoms with van der Waals surface area (Å²) in [5, 5.41) is 9.75. The van der Waals surface area contributed by atoms with Crippen LogP contribution in [0.4, 0.5) is 0 Å². The van der Waals surface area contributed by atoms with Crippen LogP contribution in [0.5, 0.6) is 0 Å². The van der Waals surface area contributed by atoms with Gasteiger partial charge in [0, 0.05) is 10.8 Å². The molecule has 0 atom stereocenters. The third-order valence-corrected chi connectivity index (χ3v) is 5.72. The van der Waals surface area contributed by atoms with Crippen molar-refractivity contribution >= 4 is 11.4 Å². The second-order valence-electron chi connectivity index (χ2n) is 13.1. The van der Waals surface area contributed by atoms with Crippen LogP contribution in [-0.2, 0) is 10.8 Å². The number of nitrogens with zero attached hydrogens (tertiary/aromatic N) is 2. The molecule has 2 heteroatoms. The molecule has 2 rings (SSSR count). The van der Waals surface area contributed by atoms with Gasteiger partial charge in [0.05, 0.1) is 11.4 Å². The molecule has 2 aromatic carbocycles. The van der Waals surface area contributed by atoms with Crippen molar-refractivity contribution in [3.05, 3.63) is 70.8 Å². The van der Waals surface area contributed by atoms with Gasteiger partial charge in [-0.1, -0.05) is 132 Å². The van der Waals surface area contributed by atoms with Gasteiger partial charge in [0.15, 0.2) is 0 Å². The van der Waals surface area contributed by atoms with Gasteiger partial charge in [-0.25, -0.2) is 0 Å². The zero-order chi connectivity index (χ0) is 24.5. The molecule has 0 bridgehead atoms. The van der Waals surface area contributed by atoms with Crippen molar-refractivity contribution < 1.29 is 0 Å². The fourth-order valence-corrected chi connectivity index (χ4v) is 3.64. The van der Waals surface area contributed by atoms with E-state index in [2.05, 4.69) is 132 Å². The van der Waals surface area contributed by atoms with Crippen molar-refractivity contribution in [3.63, 3.8) is 0 Å². The van der Waals surface area contributed by atoms with Crippen LogP contribution in [0.25, 0.3) is 0 Å². The Labute approximate surface area is 197 Å². The van der Waals surface area contributed by atoms with Crippen molar-refractivity contribution in [2.75, 3.05) is 0 Å². The molecule has 0 saturated carbocycles. The molecule has 32 heavy (non-hydrogen) atoms. The minimum Gasteiger partial charge on any atom is -0.154 e. The van der Waals surface area contributed by atoms with E-state index >= 15 is 0 Å². The smallest absolute Gasteiger partial charge is 0.0756 e.